The summed E-state index contributed by atoms with van der Waals surface area (Å²) < 4.78 is 38.0. The Bertz CT molecular complexity index is 1140. The molecule has 0 spiro atoms. The number of hydrogen-bond acceptors (Lipinski definition) is 7. The van der Waals surface area contributed by atoms with Gasteiger partial charge >= 0.3 is 5.97 Å². The lowest BCUT2D eigenvalue weighted by molar-refractivity contribution is -0.384. The molecule has 2 aromatic carbocycles. The molecule has 0 aliphatic rings. The number of nitrogens with zero attached hydrogens (tertiary/aromatic N) is 3. The molecule has 32 heavy (non-hydrogen) atoms. The zero-order valence-corrected chi connectivity index (χ0v) is 16.6. The van der Waals surface area contributed by atoms with Crippen molar-refractivity contribution in [2.24, 2.45) is 0 Å². The van der Waals surface area contributed by atoms with Crippen LogP contribution in [0.25, 0.3) is 5.69 Å². The van der Waals surface area contributed by atoms with Gasteiger partial charge in [0.15, 0.2) is 12.4 Å². The maximum Gasteiger partial charge on any atom is 0.362 e. The van der Waals surface area contributed by atoms with Crippen LogP contribution in [0.3, 0.4) is 0 Å². The van der Waals surface area contributed by atoms with Crippen LogP contribution < -0.4 is 10.1 Å². The van der Waals surface area contributed by atoms with Crippen molar-refractivity contribution in [3.63, 3.8) is 0 Å². The lowest BCUT2D eigenvalue weighted by atomic mass is 10.3. The van der Waals surface area contributed by atoms with E-state index in [0.29, 0.717) is 11.8 Å². The molecule has 0 aliphatic carbocycles. The lowest BCUT2D eigenvalue weighted by Crippen LogP contribution is -2.21. The molecule has 166 valence electrons. The number of non-ortho nitro benzene ring substituents is 1. The summed E-state index contributed by atoms with van der Waals surface area (Å²) in [5.41, 5.74) is -0.0813. The van der Waals surface area contributed by atoms with Crippen LogP contribution in [0.1, 0.15) is 17.4 Å². The number of halogens is 2. The number of nitro groups is 1. The monoisotopic (exact) mass is 446 g/mol. The van der Waals surface area contributed by atoms with E-state index in [1.165, 1.54) is 35.1 Å². The maximum absolute atomic E-state index is 13.3. The Balaban J connectivity index is 1.78. The maximum atomic E-state index is 13.3. The SMILES string of the molecule is CCOC(=O)c1nn(-c2ccc([N+](=O)[O-])cc2)cc1OCC(=O)Nc1cc(F)cc(F)c1. The van der Waals surface area contributed by atoms with E-state index in [4.69, 9.17) is 9.47 Å². The van der Waals surface area contributed by atoms with Crippen LogP contribution in [-0.2, 0) is 9.53 Å². The van der Waals surface area contributed by atoms with Gasteiger partial charge in [-0.1, -0.05) is 0 Å². The van der Waals surface area contributed by atoms with Gasteiger partial charge in [-0.15, -0.1) is 0 Å². The van der Waals surface area contributed by atoms with Crippen molar-refractivity contribution in [2.75, 3.05) is 18.5 Å². The minimum atomic E-state index is -0.866. The first-order valence-electron chi connectivity index (χ1n) is 9.17. The van der Waals surface area contributed by atoms with Gasteiger partial charge in [0.2, 0.25) is 5.69 Å². The van der Waals surface area contributed by atoms with E-state index in [2.05, 4.69) is 10.4 Å². The lowest BCUT2D eigenvalue weighted by Gasteiger charge is -2.07. The summed E-state index contributed by atoms with van der Waals surface area (Å²) in [6.45, 7) is 1.06. The molecule has 0 unspecified atom stereocenters. The van der Waals surface area contributed by atoms with Gasteiger partial charge < -0.3 is 14.8 Å². The third-order valence-electron chi connectivity index (χ3n) is 3.98. The van der Waals surface area contributed by atoms with Crippen LogP contribution >= 0.6 is 0 Å². The molecule has 0 fully saturated rings. The van der Waals surface area contributed by atoms with E-state index < -0.39 is 35.0 Å². The number of carbonyl (C=O) groups excluding carboxylic acids is 2. The Morgan fingerprint density at radius 1 is 1.16 bits per heavy atom. The molecule has 0 atom stereocenters. The summed E-state index contributed by atoms with van der Waals surface area (Å²) in [7, 11) is 0. The summed E-state index contributed by atoms with van der Waals surface area (Å²) in [6.07, 6.45) is 1.29. The molecule has 1 aromatic heterocycles. The number of amides is 1. The van der Waals surface area contributed by atoms with Crippen LogP contribution in [0.15, 0.2) is 48.7 Å². The minimum Gasteiger partial charge on any atom is -0.480 e. The van der Waals surface area contributed by atoms with Gasteiger partial charge in [0.25, 0.3) is 11.6 Å². The number of aromatic nitrogens is 2. The molecule has 0 saturated heterocycles. The predicted octanol–water partition coefficient (Wildman–Crippen LogP) is 3.25. The summed E-state index contributed by atoms with van der Waals surface area (Å²) in [5.74, 6) is -3.38. The fraction of sp³-hybridized carbons (Fsp3) is 0.150. The topological polar surface area (TPSA) is 126 Å². The van der Waals surface area contributed by atoms with Gasteiger partial charge in [-0.25, -0.2) is 18.3 Å². The summed E-state index contributed by atoms with van der Waals surface area (Å²) in [6, 6.07) is 7.85. The van der Waals surface area contributed by atoms with E-state index >= 15 is 0 Å². The summed E-state index contributed by atoms with van der Waals surface area (Å²) >= 11 is 0. The van der Waals surface area contributed by atoms with Crippen LogP contribution in [-0.4, -0.2) is 39.8 Å². The second kappa shape index (κ2) is 9.64. The molecule has 12 heteroatoms. The average Bonchev–Trinajstić information content (AvgIpc) is 3.16. The molecule has 0 bridgehead atoms. The molecule has 3 aromatic rings. The number of esters is 1. The fourth-order valence-electron chi connectivity index (χ4n) is 2.63. The Kier molecular flexibility index (Phi) is 6.73. The Morgan fingerprint density at radius 3 is 2.41 bits per heavy atom. The fourth-order valence-corrected chi connectivity index (χ4v) is 2.63. The summed E-state index contributed by atoms with van der Waals surface area (Å²) in [5, 5.41) is 17.2. The van der Waals surface area contributed by atoms with Crippen molar-refractivity contribution >= 4 is 23.3 Å². The standard InChI is InChI=1S/C20H16F2N4O6/c1-2-31-20(28)19-17(10-25(24-19)15-3-5-16(6-4-15)26(29)30)32-11-18(27)23-14-8-12(21)7-13(22)9-14/h3-10H,2,11H2,1H3,(H,23,27). The van der Waals surface area contributed by atoms with E-state index in [-0.39, 0.29) is 29.4 Å². The normalized spacial score (nSPS) is 10.5. The molecule has 0 radical (unpaired) electrons. The van der Waals surface area contributed by atoms with Crippen LogP contribution in [0, 0.1) is 21.7 Å². The Labute approximate surface area is 179 Å². The molecule has 10 nitrogen and oxygen atoms in total. The highest BCUT2D eigenvalue weighted by molar-refractivity contribution is 5.93. The molecule has 3 rings (SSSR count). The van der Waals surface area contributed by atoms with Crippen LogP contribution in [0.2, 0.25) is 0 Å². The van der Waals surface area contributed by atoms with Crippen molar-refractivity contribution < 1.29 is 32.8 Å². The predicted molar refractivity (Wildman–Crippen MR) is 107 cm³/mol. The van der Waals surface area contributed by atoms with E-state index in [0.717, 1.165) is 12.1 Å². The second-order valence-corrected chi connectivity index (χ2v) is 6.28. The van der Waals surface area contributed by atoms with Crippen molar-refractivity contribution in [3.05, 3.63) is 76.1 Å². The first-order valence-corrected chi connectivity index (χ1v) is 9.17. The number of carbonyl (C=O) groups is 2. The summed E-state index contributed by atoms with van der Waals surface area (Å²) in [4.78, 5) is 34.6. The number of hydrogen-bond donors (Lipinski definition) is 1. The molecular weight excluding hydrogens is 430 g/mol. The van der Waals surface area contributed by atoms with Crippen LogP contribution in [0.5, 0.6) is 5.75 Å². The van der Waals surface area contributed by atoms with Gasteiger partial charge in [-0.2, -0.15) is 5.10 Å². The molecule has 1 N–H and O–H groups in total. The largest absolute Gasteiger partial charge is 0.480 e. The number of nitrogens with one attached hydrogen (secondary N) is 1. The first kappa shape index (κ1) is 22.3. The van der Waals surface area contributed by atoms with Gasteiger partial charge in [0.1, 0.15) is 11.6 Å². The highest BCUT2D eigenvalue weighted by Gasteiger charge is 2.21. The van der Waals surface area contributed by atoms with Gasteiger partial charge in [-0.3, -0.25) is 14.9 Å². The number of rotatable bonds is 8. The number of ether oxygens (including phenoxy) is 2. The quantitative estimate of drug-likeness (QED) is 0.320. The first-order chi connectivity index (χ1) is 15.3. The zero-order valence-electron chi connectivity index (χ0n) is 16.6. The number of anilines is 1. The highest BCUT2D eigenvalue weighted by atomic mass is 19.1. The minimum absolute atomic E-state index is 0.0638. The number of benzene rings is 2. The molecule has 1 amide bonds. The Hall–Kier alpha value is -4.35. The van der Waals surface area contributed by atoms with Gasteiger partial charge in [-0.05, 0) is 31.2 Å². The van der Waals surface area contributed by atoms with Gasteiger partial charge in [0, 0.05) is 23.9 Å². The van der Waals surface area contributed by atoms with Crippen molar-refractivity contribution in [2.45, 2.75) is 6.92 Å². The molecular formula is C20H16F2N4O6. The molecule has 0 saturated carbocycles. The molecule has 1 heterocycles. The second-order valence-electron chi connectivity index (χ2n) is 6.28. The van der Waals surface area contributed by atoms with E-state index in [9.17, 15) is 28.5 Å². The third kappa shape index (κ3) is 5.41. The highest BCUT2D eigenvalue weighted by Crippen LogP contribution is 2.22. The van der Waals surface area contributed by atoms with Crippen molar-refractivity contribution in [1.82, 2.24) is 9.78 Å². The Morgan fingerprint density at radius 2 is 1.81 bits per heavy atom. The van der Waals surface area contributed by atoms with Crippen molar-refractivity contribution in [1.29, 1.82) is 0 Å². The van der Waals surface area contributed by atoms with E-state index in [1.54, 1.807) is 6.92 Å². The number of nitro benzene ring substituents is 1. The van der Waals surface area contributed by atoms with E-state index in [1.807, 2.05) is 0 Å². The molecule has 0 aliphatic heterocycles. The zero-order chi connectivity index (χ0) is 23.3. The average molecular weight is 446 g/mol. The van der Waals surface area contributed by atoms with Crippen LogP contribution in [0.4, 0.5) is 20.2 Å². The smallest absolute Gasteiger partial charge is 0.362 e. The van der Waals surface area contributed by atoms with Crippen molar-refractivity contribution in [3.8, 4) is 11.4 Å². The van der Waals surface area contributed by atoms with Gasteiger partial charge in [0.05, 0.1) is 23.4 Å². The third-order valence-corrected chi connectivity index (χ3v) is 3.98.